The Labute approximate surface area is 126 Å². The first-order valence-electron chi connectivity index (χ1n) is 7.25. The van der Waals surface area contributed by atoms with Gasteiger partial charge in [0.05, 0.1) is 5.56 Å². The van der Waals surface area contributed by atoms with Crippen molar-refractivity contribution in [3.05, 3.63) is 22.9 Å². The lowest BCUT2D eigenvalue weighted by atomic mass is 10.1. The Balaban J connectivity index is 2.08. The van der Waals surface area contributed by atoms with Crippen LogP contribution in [0.1, 0.15) is 37.1 Å². The number of nitrogens with two attached hydrogens (primary N) is 1. The second-order valence-corrected chi connectivity index (χ2v) is 6.15. The first-order chi connectivity index (χ1) is 9.49. The number of rotatable bonds is 6. The van der Waals surface area contributed by atoms with Gasteiger partial charge in [-0.2, -0.15) is 0 Å². The van der Waals surface area contributed by atoms with Gasteiger partial charge in [0.15, 0.2) is 0 Å². The highest BCUT2D eigenvalue weighted by atomic mass is 32.1. The maximum Gasteiger partial charge on any atom is 0.136 e. The largest absolute Gasteiger partial charge is 0.389 e. The quantitative estimate of drug-likeness (QED) is 0.785. The highest BCUT2D eigenvalue weighted by Gasteiger charge is 2.17. The number of hydrogen-bond acceptors (Lipinski definition) is 4. The summed E-state index contributed by atoms with van der Waals surface area (Å²) in [5.41, 5.74) is 9.21. The summed E-state index contributed by atoms with van der Waals surface area (Å²) in [5.74, 6) is 0.843. The number of likely N-dealkylation sites (N-methyl/N-ethyl adjacent to an activating group) is 1. The molecule has 3 N–H and O–H groups in total. The predicted molar refractivity (Wildman–Crippen MR) is 88.4 cm³/mol. The average molecular weight is 292 g/mol. The maximum absolute atomic E-state index is 5.83. The Hall–Kier alpha value is -1.20. The van der Waals surface area contributed by atoms with Crippen LogP contribution in [0.15, 0.2) is 6.07 Å². The minimum absolute atomic E-state index is 0.423. The molecule has 4 nitrogen and oxygen atoms in total. The third kappa shape index (κ3) is 3.46. The molecular formula is C15H24N4S. The molecule has 0 atom stereocenters. The molecule has 1 aliphatic carbocycles. The zero-order valence-corrected chi connectivity index (χ0v) is 13.4. The molecule has 0 bridgehead atoms. The molecule has 0 saturated carbocycles. The van der Waals surface area contributed by atoms with Crippen molar-refractivity contribution in [3.63, 3.8) is 0 Å². The van der Waals surface area contributed by atoms with Gasteiger partial charge < -0.3 is 16.0 Å². The van der Waals surface area contributed by atoms with Gasteiger partial charge in [-0.15, -0.1) is 0 Å². The van der Waals surface area contributed by atoms with E-state index in [2.05, 4.69) is 37.2 Å². The van der Waals surface area contributed by atoms with Crippen LogP contribution >= 0.6 is 12.2 Å². The van der Waals surface area contributed by atoms with Gasteiger partial charge in [-0.25, -0.2) is 4.98 Å². The number of pyridine rings is 1. The lowest BCUT2D eigenvalue weighted by Gasteiger charge is -2.21. The van der Waals surface area contributed by atoms with Crippen molar-refractivity contribution in [3.8, 4) is 0 Å². The SMILES string of the molecule is CC(C)N(C)CCNc1nc2c(cc1C(N)=S)CCC2. The summed E-state index contributed by atoms with van der Waals surface area (Å²) < 4.78 is 0. The van der Waals surface area contributed by atoms with E-state index in [4.69, 9.17) is 22.9 Å². The van der Waals surface area contributed by atoms with Crippen LogP contribution in [-0.2, 0) is 12.8 Å². The number of fused-ring (bicyclic) bond motifs is 1. The normalized spacial score (nSPS) is 13.8. The molecule has 1 aromatic rings. The third-order valence-electron chi connectivity index (χ3n) is 3.95. The lowest BCUT2D eigenvalue weighted by molar-refractivity contribution is 0.284. The first kappa shape index (κ1) is 15.2. The number of anilines is 1. The second kappa shape index (κ2) is 6.50. The second-order valence-electron chi connectivity index (χ2n) is 5.71. The van der Waals surface area contributed by atoms with E-state index in [1.807, 2.05) is 0 Å². The van der Waals surface area contributed by atoms with E-state index in [-0.39, 0.29) is 0 Å². The van der Waals surface area contributed by atoms with E-state index in [1.165, 1.54) is 17.7 Å². The average Bonchev–Trinajstić information content (AvgIpc) is 2.84. The zero-order chi connectivity index (χ0) is 14.7. The summed E-state index contributed by atoms with van der Waals surface area (Å²) >= 11 is 5.15. The molecular weight excluding hydrogens is 268 g/mol. The van der Waals surface area contributed by atoms with Crippen molar-refractivity contribution in [1.29, 1.82) is 0 Å². The Morgan fingerprint density at radius 2 is 2.25 bits per heavy atom. The van der Waals surface area contributed by atoms with Crippen LogP contribution in [0.25, 0.3) is 0 Å². The molecule has 20 heavy (non-hydrogen) atoms. The summed E-state index contributed by atoms with van der Waals surface area (Å²) in [5, 5.41) is 3.39. The fourth-order valence-electron chi connectivity index (χ4n) is 2.40. The number of nitrogens with one attached hydrogen (secondary N) is 1. The van der Waals surface area contributed by atoms with Gasteiger partial charge in [-0.05, 0) is 51.8 Å². The monoisotopic (exact) mass is 292 g/mol. The van der Waals surface area contributed by atoms with Gasteiger partial charge in [0.25, 0.3) is 0 Å². The van der Waals surface area contributed by atoms with E-state index >= 15 is 0 Å². The van der Waals surface area contributed by atoms with Gasteiger partial charge >= 0.3 is 0 Å². The predicted octanol–water partition coefficient (Wildman–Crippen LogP) is 1.96. The molecule has 0 aromatic carbocycles. The molecule has 5 heteroatoms. The molecule has 0 spiro atoms. The summed E-state index contributed by atoms with van der Waals surface area (Å²) in [7, 11) is 2.12. The summed E-state index contributed by atoms with van der Waals surface area (Å²) in [6.07, 6.45) is 3.33. The highest BCUT2D eigenvalue weighted by Crippen LogP contribution is 2.25. The molecule has 1 heterocycles. The summed E-state index contributed by atoms with van der Waals surface area (Å²) in [4.78, 5) is 7.43. The molecule has 0 unspecified atom stereocenters. The smallest absolute Gasteiger partial charge is 0.136 e. The van der Waals surface area contributed by atoms with E-state index in [0.717, 1.165) is 37.3 Å². The molecule has 0 radical (unpaired) electrons. The van der Waals surface area contributed by atoms with E-state index in [9.17, 15) is 0 Å². The van der Waals surface area contributed by atoms with Gasteiger partial charge in [0.2, 0.25) is 0 Å². The molecule has 0 saturated heterocycles. The number of hydrogen-bond donors (Lipinski definition) is 2. The zero-order valence-electron chi connectivity index (χ0n) is 12.6. The fraction of sp³-hybridized carbons (Fsp3) is 0.600. The number of aryl methyl sites for hydroxylation is 2. The molecule has 0 amide bonds. The lowest BCUT2D eigenvalue weighted by Crippen LogP contribution is -2.31. The van der Waals surface area contributed by atoms with Crippen molar-refractivity contribution in [1.82, 2.24) is 9.88 Å². The highest BCUT2D eigenvalue weighted by molar-refractivity contribution is 7.80. The van der Waals surface area contributed by atoms with Crippen LogP contribution < -0.4 is 11.1 Å². The van der Waals surface area contributed by atoms with E-state index < -0.39 is 0 Å². The van der Waals surface area contributed by atoms with Gasteiger partial charge in [-0.1, -0.05) is 12.2 Å². The van der Waals surface area contributed by atoms with Crippen LogP contribution in [0, 0.1) is 0 Å². The minimum atomic E-state index is 0.423. The van der Waals surface area contributed by atoms with Crippen LogP contribution in [-0.4, -0.2) is 41.1 Å². The van der Waals surface area contributed by atoms with Crippen molar-refractivity contribution in [2.75, 3.05) is 25.5 Å². The van der Waals surface area contributed by atoms with Gasteiger partial charge in [0.1, 0.15) is 10.8 Å². The summed E-state index contributed by atoms with van der Waals surface area (Å²) in [6.45, 7) is 6.19. The van der Waals surface area contributed by atoms with E-state index in [1.54, 1.807) is 0 Å². The molecule has 0 aliphatic heterocycles. The minimum Gasteiger partial charge on any atom is -0.389 e. The maximum atomic E-state index is 5.83. The molecule has 0 fully saturated rings. The topological polar surface area (TPSA) is 54.2 Å². The molecule has 110 valence electrons. The number of aromatic nitrogens is 1. The van der Waals surface area contributed by atoms with Crippen LogP contribution in [0.2, 0.25) is 0 Å². The van der Waals surface area contributed by atoms with Crippen LogP contribution in [0.3, 0.4) is 0 Å². The molecule has 1 aliphatic rings. The van der Waals surface area contributed by atoms with Gasteiger partial charge in [0, 0.05) is 24.8 Å². The Bertz CT molecular complexity index is 499. The standard InChI is InChI=1S/C15H24N4S/c1-10(2)19(3)8-7-17-15-12(14(16)20)9-11-5-4-6-13(11)18-15/h9-10H,4-8H2,1-3H3,(H2,16,20)(H,17,18). The Kier molecular flexibility index (Phi) is 4.94. The van der Waals surface area contributed by atoms with Gasteiger partial charge in [-0.3, -0.25) is 0 Å². The van der Waals surface area contributed by atoms with Crippen molar-refractivity contribution in [2.24, 2.45) is 5.73 Å². The fourth-order valence-corrected chi connectivity index (χ4v) is 2.56. The van der Waals surface area contributed by atoms with Crippen LogP contribution in [0.5, 0.6) is 0 Å². The molecule has 2 rings (SSSR count). The van der Waals surface area contributed by atoms with Crippen molar-refractivity contribution >= 4 is 23.0 Å². The van der Waals surface area contributed by atoms with Crippen molar-refractivity contribution < 1.29 is 0 Å². The third-order valence-corrected chi connectivity index (χ3v) is 4.17. The Morgan fingerprint density at radius 1 is 1.50 bits per heavy atom. The number of thiocarbonyl (C=S) groups is 1. The Morgan fingerprint density at radius 3 is 2.90 bits per heavy atom. The number of nitrogens with zero attached hydrogens (tertiary/aromatic N) is 2. The first-order valence-corrected chi connectivity index (χ1v) is 7.66. The molecule has 1 aromatic heterocycles. The summed E-state index contributed by atoms with van der Waals surface area (Å²) in [6, 6.07) is 2.66. The van der Waals surface area contributed by atoms with E-state index in [0.29, 0.717) is 11.0 Å². The van der Waals surface area contributed by atoms with Crippen molar-refractivity contribution in [2.45, 2.75) is 39.2 Å². The van der Waals surface area contributed by atoms with Crippen LogP contribution in [0.4, 0.5) is 5.82 Å².